The fraction of sp³-hybridized carbons (Fsp3) is 0.400. The van der Waals surface area contributed by atoms with Gasteiger partial charge in [-0.15, -0.1) is 0 Å². The zero-order valence-electron chi connectivity index (χ0n) is 11.3. The maximum atomic E-state index is 6.33. The predicted octanol–water partition coefficient (Wildman–Crippen LogP) is 1.35. The van der Waals surface area contributed by atoms with Gasteiger partial charge in [0.25, 0.3) is 0 Å². The Bertz CT molecular complexity index is 535. The van der Waals surface area contributed by atoms with E-state index in [1.54, 1.807) is 6.33 Å². The summed E-state index contributed by atoms with van der Waals surface area (Å²) in [5.41, 5.74) is 8.40. The summed E-state index contributed by atoms with van der Waals surface area (Å²) in [5, 5.41) is 0. The monoisotopic (exact) mass is 273 g/mol. The van der Waals surface area contributed by atoms with Crippen LogP contribution in [0.4, 0.5) is 0 Å². The van der Waals surface area contributed by atoms with Crippen molar-refractivity contribution >= 4 is 0 Å². The Labute approximate surface area is 118 Å². The Morgan fingerprint density at radius 3 is 2.90 bits per heavy atom. The number of nitrogens with zero attached hydrogens (tertiary/aromatic N) is 2. The molecule has 2 N–H and O–H groups in total. The first kappa shape index (κ1) is 13.3. The van der Waals surface area contributed by atoms with Gasteiger partial charge >= 0.3 is 0 Å². The van der Waals surface area contributed by atoms with E-state index in [0.717, 1.165) is 17.8 Å². The van der Waals surface area contributed by atoms with E-state index < -0.39 is 0 Å². The Balaban J connectivity index is 1.75. The van der Waals surface area contributed by atoms with Crippen molar-refractivity contribution in [2.45, 2.75) is 18.7 Å². The van der Waals surface area contributed by atoms with Crippen molar-refractivity contribution in [3.63, 3.8) is 0 Å². The second-order valence-electron chi connectivity index (χ2n) is 4.93. The van der Waals surface area contributed by atoms with Gasteiger partial charge in [-0.1, -0.05) is 30.3 Å². The SMILES string of the molecule is NC(c1ccccc1)c1cncn1CC1COCCO1. The largest absolute Gasteiger partial charge is 0.376 e. The van der Waals surface area contributed by atoms with Crippen molar-refractivity contribution in [3.05, 3.63) is 54.1 Å². The van der Waals surface area contributed by atoms with Crippen molar-refractivity contribution in [3.8, 4) is 0 Å². The molecule has 2 unspecified atom stereocenters. The van der Waals surface area contributed by atoms with Crippen molar-refractivity contribution < 1.29 is 9.47 Å². The van der Waals surface area contributed by atoms with E-state index in [2.05, 4.69) is 9.55 Å². The van der Waals surface area contributed by atoms with Gasteiger partial charge in [-0.3, -0.25) is 0 Å². The molecule has 0 saturated carbocycles. The Morgan fingerprint density at radius 2 is 2.15 bits per heavy atom. The number of aromatic nitrogens is 2. The van der Waals surface area contributed by atoms with E-state index >= 15 is 0 Å². The number of rotatable bonds is 4. The van der Waals surface area contributed by atoms with Gasteiger partial charge in [0, 0.05) is 0 Å². The zero-order chi connectivity index (χ0) is 13.8. The van der Waals surface area contributed by atoms with Gasteiger partial charge in [0.2, 0.25) is 0 Å². The van der Waals surface area contributed by atoms with E-state index in [9.17, 15) is 0 Å². The van der Waals surface area contributed by atoms with Gasteiger partial charge in [-0.2, -0.15) is 0 Å². The van der Waals surface area contributed by atoms with Crippen LogP contribution in [-0.2, 0) is 16.0 Å². The number of hydrogen-bond donors (Lipinski definition) is 1. The van der Waals surface area contributed by atoms with Crippen molar-refractivity contribution in [1.82, 2.24) is 9.55 Å². The lowest BCUT2D eigenvalue weighted by Gasteiger charge is -2.24. The number of hydrogen-bond acceptors (Lipinski definition) is 4. The fourth-order valence-corrected chi connectivity index (χ4v) is 2.44. The predicted molar refractivity (Wildman–Crippen MR) is 75.3 cm³/mol. The Kier molecular flexibility index (Phi) is 4.11. The molecule has 0 radical (unpaired) electrons. The highest BCUT2D eigenvalue weighted by atomic mass is 16.6. The van der Waals surface area contributed by atoms with Gasteiger partial charge in [-0.25, -0.2) is 4.98 Å². The third kappa shape index (κ3) is 2.90. The quantitative estimate of drug-likeness (QED) is 0.913. The van der Waals surface area contributed by atoms with Crippen molar-refractivity contribution in [2.24, 2.45) is 5.73 Å². The molecule has 0 aliphatic carbocycles. The van der Waals surface area contributed by atoms with Crippen LogP contribution in [0.3, 0.4) is 0 Å². The summed E-state index contributed by atoms with van der Waals surface area (Å²) < 4.78 is 13.2. The molecule has 0 amide bonds. The Morgan fingerprint density at radius 1 is 1.30 bits per heavy atom. The summed E-state index contributed by atoms with van der Waals surface area (Å²) >= 11 is 0. The van der Waals surface area contributed by atoms with Gasteiger partial charge in [0.05, 0.1) is 56.7 Å². The minimum atomic E-state index is -0.178. The molecule has 2 aromatic rings. The third-order valence-electron chi connectivity index (χ3n) is 3.51. The smallest absolute Gasteiger partial charge is 0.0988 e. The molecule has 5 nitrogen and oxygen atoms in total. The van der Waals surface area contributed by atoms with Gasteiger partial charge in [0.15, 0.2) is 0 Å². The highest BCUT2D eigenvalue weighted by Crippen LogP contribution is 2.19. The summed E-state index contributed by atoms with van der Waals surface area (Å²) in [5.74, 6) is 0. The molecule has 2 heterocycles. The van der Waals surface area contributed by atoms with Crippen LogP contribution >= 0.6 is 0 Å². The number of ether oxygens (including phenoxy) is 2. The lowest BCUT2D eigenvalue weighted by atomic mass is 10.1. The summed E-state index contributed by atoms with van der Waals surface area (Å²) in [4.78, 5) is 4.22. The van der Waals surface area contributed by atoms with Crippen LogP contribution < -0.4 is 5.73 Å². The van der Waals surface area contributed by atoms with Gasteiger partial charge in [-0.05, 0) is 5.56 Å². The third-order valence-corrected chi connectivity index (χ3v) is 3.51. The summed E-state index contributed by atoms with van der Waals surface area (Å²) in [6.45, 7) is 2.67. The van der Waals surface area contributed by atoms with Crippen LogP contribution in [-0.4, -0.2) is 35.5 Å². The van der Waals surface area contributed by atoms with E-state index in [1.807, 2.05) is 36.5 Å². The van der Waals surface area contributed by atoms with E-state index in [-0.39, 0.29) is 12.1 Å². The van der Waals surface area contributed by atoms with Gasteiger partial charge in [0.1, 0.15) is 0 Å². The highest BCUT2D eigenvalue weighted by molar-refractivity contribution is 5.26. The zero-order valence-corrected chi connectivity index (χ0v) is 11.3. The second-order valence-corrected chi connectivity index (χ2v) is 4.93. The molecule has 106 valence electrons. The molecule has 1 aromatic carbocycles. The van der Waals surface area contributed by atoms with Gasteiger partial charge < -0.3 is 19.8 Å². The number of nitrogens with two attached hydrogens (primary N) is 1. The average Bonchev–Trinajstić information content (AvgIpc) is 2.96. The topological polar surface area (TPSA) is 62.3 Å². The van der Waals surface area contributed by atoms with Crippen LogP contribution in [0.5, 0.6) is 0 Å². The van der Waals surface area contributed by atoms with E-state index in [0.29, 0.717) is 19.8 Å². The maximum absolute atomic E-state index is 6.33. The van der Waals surface area contributed by atoms with E-state index in [1.165, 1.54) is 0 Å². The minimum absolute atomic E-state index is 0.0691. The number of imidazole rings is 1. The molecular weight excluding hydrogens is 254 g/mol. The molecule has 1 saturated heterocycles. The molecule has 1 aromatic heterocycles. The molecule has 3 rings (SSSR count). The standard InChI is InChI=1S/C15H19N3O2/c16-15(12-4-2-1-3-5-12)14-8-17-11-18(14)9-13-10-19-6-7-20-13/h1-5,8,11,13,15H,6-7,9-10,16H2. The molecule has 1 fully saturated rings. The lowest BCUT2D eigenvalue weighted by Crippen LogP contribution is -2.33. The maximum Gasteiger partial charge on any atom is 0.0988 e. The number of benzene rings is 1. The van der Waals surface area contributed by atoms with Crippen LogP contribution in [0.25, 0.3) is 0 Å². The molecule has 0 spiro atoms. The first-order valence-electron chi connectivity index (χ1n) is 6.84. The average molecular weight is 273 g/mol. The first-order valence-corrected chi connectivity index (χ1v) is 6.84. The lowest BCUT2D eigenvalue weighted by molar-refractivity contribution is -0.0938. The molecule has 0 bridgehead atoms. The minimum Gasteiger partial charge on any atom is -0.376 e. The van der Waals surface area contributed by atoms with Crippen LogP contribution in [0, 0.1) is 0 Å². The molecule has 1 aliphatic rings. The van der Waals surface area contributed by atoms with E-state index in [4.69, 9.17) is 15.2 Å². The second kappa shape index (κ2) is 6.17. The van der Waals surface area contributed by atoms with Crippen LogP contribution in [0.1, 0.15) is 17.3 Å². The molecule has 1 aliphatic heterocycles. The van der Waals surface area contributed by atoms with Crippen LogP contribution in [0.15, 0.2) is 42.9 Å². The molecule has 20 heavy (non-hydrogen) atoms. The van der Waals surface area contributed by atoms with Crippen molar-refractivity contribution in [2.75, 3.05) is 19.8 Å². The highest BCUT2D eigenvalue weighted by Gasteiger charge is 2.19. The normalized spacial score (nSPS) is 20.8. The summed E-state index contributed by atoms with van der Waals surface area (Å²) in [6, 6.07) is 9.86. The summed E-state index contributed by atoms with van der Waals surface area (Å²) in [7, 11) is 0. The van der Waals surface area contributed by atoms with Crippen LogP contribution in [0.2, 0.25) is 0 Å². The summed E-state index contributed by atoms with van der Waals surface area (Å²) in [6.07, 6.45) is 3.69. The molecular formula is C15H19N3O2. The molecule has 5 heteroatoms. The Hall–Kier alpha value is -1.69. The first-order chi connectivity index (χ1) is 9.84. The van der Waals surface area contributed by atoms with Crippen molar-refractivity contribution in [1.29, 1.82) is 0 Å². The fourth-order valence-electron chi connectivity index (χ4n) is 2.44. The molecule has 2 atom stereocenters.